The third kappa shape index (κ3) is 5.19. The van der Waals surface area contributed by atoms with Crippen molar-refractivity contribution in [3.63, 3.8) is 0 Å². The molecule has 1 aromatic heterocycles. The number of methoxy groups -OCH3 is 2. The van der Waals surface area contributed by atoms with Crippen LogP contribution in [0.25, 0.3) is 11.3 Å². The number of rotatable bonds is 7. The van der Waals surface area contributed by atoms with Gasteiger partial charge in [-0.1, -0.05) is 30.3 Å². The second-order valence-electron chi connectivity index (χ2n) is 6.80. The van der Waals surface area contributed by atoms with Gasteiger partial charge in [-0.3, -0.25) is 9.78 Å². The second kappa shape index (κ2) is 9.75. The van der Waals surface area contributed by atoms with Crippen molar-refractivity contribution in [3.05, 3.63) is 71.9 Å². The Hall–Kier alpha value is -3.87. The van der Waals surface area contributed by atoms with E-state index >= 15 is 0 Å². The first-order chi connectivity index (χ1) is 14.9. The number of nitrogens with zero attached hydrogens (tertiary/aromatic N) is 1. The smallest absolute Gasteiger partial charge is 0.340 e. The number of carbonyl (C=O) groups is 2. The maximum atomic E-state index is 12.6. The number of benzene rings is 2. The summed E-state index contributed by atoms with van der Waals surface area (Å²) in [5.74, 6) is -0.0567. The van der Waals surface area contributed by atoms with Crippen molar-refractivity contribution in [2.45, 2.75) is 20.0 Å². The van der Waals surface area contributed by atoms with Gasteiger partial charge in [0, 0.05) is 17.3 Å². The van der Waals surface area contributed by atoms with Gasteiger partial charge in [0.15, 0.2) is 17.6 Å². The Morgan fingerprint density at radius 2 is 1.65 bits per heavy atom. The Balaban J connectivity index is 1.66. The van der Waals surface area contributed by atoms with Crippen molar-refractivity contribution in [2.24, 2.45) is 0 Å². The summed E-state index contributed by atoms with van der Waals surface area (Å²) in [6, 6.07) is 18.1. The third-order valence-electron chi connectivity index (χ3n) is 4.68. The fraction of sp³-hybridized carbons (Fsp3) is 0.208. The fourth-order valence-electron chi connectivity index (χ4n) is 2.98. The van der Waals surface area contributed by atoms with Crippen LogP contribution in [0, 0.1) is 6.92 Å². The van der Waals surface area contributed by atoms with Crippen molar-refractivity contribution in [1.29, 1.82) is 0 Å². The lowest BCUT2D eigenvalue weighted by molar-refractivity contribution is -0.123. The Morgan fingerprint density at radius 1 is 0.935 bits per heavy atom. The molecule has 1 unspecified atom stereocenters. The first-order valence-corrected chi connectivity index (χ1v) is 9.70. The number of anilines is 1. The Bertz CT molecular complexity index is 1080. The van der Waals surface area contributed by atoms with E-state index in [4.69, 9.17) is 14.2 Å². The molecule has 7 nitrogen and oxygen atoms in total. The summed E-state index contributed by atoms with van der Waals surface area (Å²) in [6.07, 6.45) is -1.01. The number of ether oxygens (including phenoxy) is 3. The number of carbonyl (C=O) groups excluding carboxylic acids is 2. The highest BCUT2D eigenvalue weighted by Gasteiger charge is 2.21. The summed E-state index contributed by atoms with van der Waals surface area (Å²) in [6.45, 7) is 3.24. The monoisotopic (exact) mass is 420 g/mol. The molecular weight excluding hydrogens is 396 g/mol. The maximum Gasteiger partial charge on any atom is 0.340 e. The molecule has 0 aliphatic heterocycles. The number of aryl methyl sites for hydroxylation is 1. The van der Waals surface area contributed by atoms with Crippen LogP contribution in [0.5, 0.6) is 11.5 Å². The third-order valence-corrected chi connectivity index (χ3v) is 4.68. The molecule has 2 aromatic carbocycles. The number of aromatic nitrogens is 1. The van der Waals surface area contributed by atoms with Gasteiger partial charge in [0.1, 0.15) is 0 Å². The Labute approximate surface area is 181 Å². The van der Waals surface area contributed by atoms with E-state index in [2.05, 4.69) is 10.3 Å². The molecule has 0 saturated carbocycles. The van der Waals surface area contributed by atoms with Gasteiger partial charge in [-0.15, -0.1) is 0 Å². The summed E-state index contributed by atoms with van der Waals surface area (Å²) in [5.41, 5.74) is 3.04. The quantitative estimate of drug-likeness (QED) is 0.575. The topological polar surface area (TPSA) is 86.8 Å². The molecule has 1 heterocycles. The van der Waals surface area contributed by atoms with Gasteiger partial charge in [-0.05, 0) is 38.1 Å². The van der Waals surface area contributed by atoms with Crippen LogP contribution < -0.4 is 14.8 Å². The average molecular weight is 420 g/mol. The molecule has 1 N–H and O–H groups in total. The summed E-state index contributed by atoms with van der Waals surface area (Å²) in [5, 5.41) is 2.70. The van der Waals surface area contributed by atoms with Crippen molar-refractivity contribution in [2.75, 3.05) is 19.5 Å². The lowest BCUT2D eigenvalue weighted by Crippen LogP contribution is -2.30. The molecule has 160 valence electrons. The van der Waals surface area contributed by atoms with Crippen LogP contribution in [0.1, 0.15) is 23.0 Å². The number of esters is 1. The van der Waals surface area contributed by atoms with E-state index in [0.29, 0.717) is 28.4 Å². The maximum absolute atomic E-state index is 12.6. The molecule has 0 radical (unpaired) electrons. The van der Waals surface area contributed by atoms with E-state index in [1.807, 2.05) is 30.3 Å². The van der Waals surface area contributed by atoms with Gasteiger partial charge in [0.05, 0.1) is 31.2 Å². The van der Waals surface area contributed by atoms with Gasteiger partial charge in [0.25, 0.3) is 5.91 Å². The molecule has 1 amide bonds. The Kier molecular flexibility index (Phi) is 6.87. The average Bonchev–Trinajstić information content (AvgIpc) is 2.79. The number of hydrogen-bond donors (Lipinski definition) is 1. The van der Waals surface area contributed by atoms with Gasteiger partial charge < -0.3 is 19.5 Å². The van der Waals surface area contributed by atoms with Gasteiger partial charge in [-0.2, -0.15) is 0 Å². The van der Waals surface area contributed by atoms with Crippen LogP contribution in [-0.4, -0.2) is 37.2 Å². The minimum Gasteiger partial charge on any atom is -0.493 e. The van der Waals surface area contributed by atoms with Crippen LogP contribution in [0.15, 0.2) is 60.7 Å². The zero-order valence-corrected chi connectivity index (χ0v) is 17.8. The van der Waals surface area contributed by atoms with Gasteiger partial charge in [-0.25, -0.2) is 4.79 Å². The molecular formula is C24H24N2O5. The molecule has 0 fully saturated rings. The highest BCUT2D eigenvalue weighted by Crippen LogP contribution is 2.29. The first kappa shape index (κ1) is 21.8. The van der Waals surface area contributed by atoms with E-state index in [1.54, 1.807) is 37.3 Å². The molecule has 1 atom stereocenters. The normalized spacial score (nSPS) is 11.4. The zero-order chi connectivity index (χ0) is 22.4. The van der Waals surface area contributed by atoms with Gasteiger partial charge >= 0.3 is 5.97 Å². The minimum atomic E-state index is -1.01. The van der Waals surface area contributed by atoms with Crippen molar-refractivity contribution in [3.8, 4) is 22.8 Å². The van der Waals surface area contributed by atoms with Crippen LogP contribution in [-0.2, 0) is 9.53 Å². The Morgan fingerprint density at radius 3 is 2.29 bits per heavy atom. The van der Waals surface area contributed by atoms with Crippen LogP contribution in [0.2, 0.25) is 0 Å². The molecule has 0 aliphatic carbocycles. The summed E-state index contributed by atoms with van der Waals surface area (Å²) >= 11 is 0. The van der Waals surface area contributed by atoms with E-state index in [0.717, 1.165) is 11.3 Å². The standard InChI is InChI=1S/C24H24N2O5/c1-15-19(11-12-20(25-15)17-8-6-5-7-9-17)24(28)31-16(2)23(27)26-18-10-13-21(29-3)22(14-18)30-4/h5-14,16H,1-4H3,(H,26,27). The summed E-state index contributed by atoms with van der Waals surface area (Å²) in [4.78, 5) is 29.6. The number of pyridine rings is 1. The molecule has 0 aliphatic rings. The predicted molar refractivity (Wildman–Crippen MR) is 117 cm³/mol. The summed E-state index contributed by atoms with van der Waals surface area (Å²) in [7, 11) is 3.04. The fourth-order valence-corrected chi connectivity index (χ4v) is 2.98. The molecule has 0 saturated heterocycles. The molecule has 31 heavy (non-hydrogen) atoms. The van der Waals surface area contributed by atoms with Crippen molar-refractivity contribution < 1.29 is 23.8 Å². The largest absolute Gasteiger partial charge is 0.493 e. The van der Waals surface area contributed by atoms with E-state index < -0.39 is 18.0 Å². The van der Waals surface area contributed by atoms with Crippen LogP contribution in [0.3, 0.4) is 0 Å². The molecule has 3 aromatic rings. The number of amides is 1. The summed E-state index contributed by atoms with van der Waals surface area (Å²) < 4.78 is 15.8. The predicted octanol–water partition coefficient (Wildman–Crippen LogP) is 4.26. The molecule has 0 bridgehead atoms. The van der Waals surface area contributed by atoms with Crippen LogP contribution >= 0.6 is 0 Å². The molecule has 3 rings (SSSR count). The lowest BCUT2D eigenvalue weighted by atomic mass is 10.1. The van der Waals surface area contributed by atoms with Crippen LogP contribution in [0.4, 0.5) is 5.69 Å². The van der Waals surface area contributed by atoms with E-state index in [-0.39, 0.29) is 0 Å². The molecule has 0 spiro atoms. The minimum absolute atomic E-state index is 0.311. The number of hydrogen-bond acceptors (Lipinski definition) is 6. The van der Waals surface area contributed by atoms with Crippen molar-refractivity contribution in [1.82, 2.24) is 4.98 Å². The SMILES string of the molecule is COc1ccc(NC(=O)C(C)OC(=O)c2ccc(-c3ccccc3)nc2C)cc1OC. The zero-order valence-electron chi connectivity index (χ0n) is 17.8. The van der Waals surface area contributed by atoms with E-state index in [1.165, 1.54) is 21.1 Å². The highest BCUT2D eigenvalue weighted by atomic mass is 16.5. The van der Waals surface area contributed by atoms with Crippen molar-refractivity contribution >= 4 is 17.6 Å². The van der Waals surface area contributed by atoms with Gasteiger partial charge in [0.2, 0.25) is 0 Å². The first-order valence-electron chi connectivity index (χ1n) is 9.70. The highest BCUT2D eigenvalue weighted by molar-refractivity contribution is 5.98. The number of nitrogens with one attached hydrogen (secondary N) is 1. The lowest BCUT2D eigenvalue weighted by Gasteiger charge is -2.15. The second-order valence-corrected chi connectivity index (χ2v) is 6.80. The molecule has 7 heteroatoms. The van der Waals surface area contributed by atoms with E-state index in [9.17, 15) is 9.59 Å².